The molecule has 2 unspecified atom stereocenters. The lowest BCUT2D eigenvalue weighted by Crippen LogP contribution is -2.18. The maximum Gasteiger partial charge on any atom is 0.0543 e. The van der Waals surface area contributed by atoms with E-state index < -0.39 is 0 Å². The van der Waals surface area contributed by atoms with Crippen molar-refractivity contribution in [3.05, 3.63) is 213 Å². The van der Waals surface area contributed by atoms with Crippen LogP contribution >= 0.6 is 0 Å². The summed E-state index contributed by atoms with van der Waals surface area (Å²) >= 11 is 0. The Morgan fingerprint density at radius 2 is 0.671 bits per heavy atom. The molecule has 2 atom stereocenters. The van der Waals surface area contributed by atoms with Crippen molar-refractivity contribution >= 4 is 66.4 Å². The molecule has 0 aliphatic carbocycles. The van der Waals surface area contributed by atoms with Crippen molar-refractivity contribution < 1.29 is 0 Å². The summed E-state index contributed by atoms with van der Waals surface area (Å²) in [7, 11) is 0. The van der Waals surface area contributed by atoms with Crippen LogP contribution in [0.5, 0.6) is 0 Å². The Kier molecular flexibility index (Phi) is 9.87. The first-order valence-electron chi connectivity index (χ1n) is 25.5. The molecule has 0 fully saturated rings. The zero-order valence-corrected chi connectivity index (χ0v) is 43.1. The standard InChI is InChI=1S/C68H64N2/c1-39-19-23-49-33-59(39)69(61-35-51(67(7,8)9)25-21-41(61)3)63-37-57-43(5)46-16-14-18-48(32-46)50-24-20-40(2)60(34-50)70(62-36-52(68(10,11)12)26-22-42(62)4)64-38-58(44(6)45-15-13-17-47(49)31-45)54-27-29-55(63)65-53(57)28-30-56(64)66(54)65/h13-38,43-44H,1-12H3. The van der Waals surface area contributed by atoms with E-state index in [4.69, 9.17) is 0 Å². The summed E-state index contributed by atoms with van der Waals surface area (Å²) in [6, 6.07) is 62.3. The summed E-state index contributed by atoms with van der Waals surface area (Å²) in [5.41, 5.74) is 24.9. The second kappa shape index (κ2) is 15.7. The first-order chi connectivity index (χ1) is 33.4. The predicted octanol–water partition coefficient (Wildman–Crippen LogP) is 19.6. The molecule has 16 bridgehead atoms. The van der Waals surface area contributed by atoms with Gasteiger partial charge in [0.05, 0.1) is 11.4 Å². The van der Waals surface area contributed by atoms with Crippen molar-refractivity contribution in [2.24, 2.45) is 0 Å². The molecule has 0 radical (unpaired) electrons. The zero-order valence-electron chi connectivity index (χ0n) is 43.1. The molecule has 346 valence electrons. The Bertz CT molecular complexity index is 3530. The number of hydrogen-bond acceptors (Lipinski definition) is 2. The number of nitrogens with zero attached hydrogens (tertiary/aromatic N) is 2. The normalized spacial score (nSPS) is 15.7. The average Bonchev–Trinajstić information content (AvgIpc) is 3.34. The van der Waals surface area contributed by atoms with E-state index >= 15 is 0 Å². The lowest BCUT2D eigenvalue weighted by molar-refractivity contribution is 0.590. The van der Waals surface area contributed by atoms with Crippen LogP contribution < -0.4 is 9.80 Å². The largest absolute Gasteiger partial charge is 0.309 e. The summed E-state index contributed by atoms with van der Waals surface area (Å²) in [6.45, 7) is 28.0. The molecule has 0 spiro atoms. The van der Waals surface area contributed by atoms with Crippen LogP contribution in [-0.2, 0) is 10.8 Å². The smallest absolute Gasteiger partial charge is 0.0543 e. The minimum Gasteiger partial charge on any atom is -0.309 e. The summed E-state index contributed by atoms with van der Waals surface area (Å²) in [6.07, 6.45) is 0. The Morgan fingerprint density at radius 1 is 0.329 bits per heavy atom. The fourth-order valence-electron chi connectivity index (χ4n) is 11.9. The van der Waals surface area contributed by atoms with Gasteiger partial charge in [-0.05, 0) is 174 Å². The minimum absolute atomic E-state index is 0.0440. The fraction of sp³-hybridized carbons (Fsp3) is 0.235. The Labute approximate surface area is 415 Å². The molecule has 2 heteroatoms. The van der Waals surface area contributed by atoms with E-state index in [1.54, 1.807) is 0 Å². The van der Waals surface area contributed by atoms with Crippen LogP contribution in [0.4, 0.5) is 34.1 Å². The molecular formula is C68H64N2. The molecule has 70 heavy (non-hydrogen) atoms. The van der Waals surface area contributed by atoms with Crippen LogP contribution in [0.1, 0.15) is 123 Å². The summed E-state index contributed by atoms with van der Waals surface area (Å²) in [4.78, 5) is 5.26. The van der Waals surface area contributed by atoms with Gasteiger partial charge in [-0.15, -0.1) is 0 Å². The molecule has 3 aliphatic heterocycles. The van der Waals surface area contributed by atoms with Crippen LogP contribution in [-0.4, -0.2) is 0 Å². The van der Waals surface area contributed by atoms with Crippen LogP contribution in [0.2, 0.25) is 0 Å². The van der Waals surface area contributed by atoms with Gasteiger partial charge in [-0.1, -0.05) is 177 Å². The van der Waals surface area contributed by atoms with Crippen LogP contribution in [0.15, 0.2) is 158 Å². The van der Waals surface area contributed by atoms with E-state index in [-0.39, 0.29) is 22.7 Å². The number of fused-ring (bicyclic) bond motifs is 7. The number of anilines is 6. The van der Waals surface area contributed by atoms with Crippen molar-refractivity contribution in [2.45, 2.75) is 106 Å². The molecule has 3 heterocycles. The van der Waals surface area contributed by atoms with Gasteiger partial charge in [-0.3, -0.25) is 0 Å². The first-order valence-corrected chi connectivity index (χ1v) is 25.5. The molecule has 10 aromatic rings. The van der Waals surface area contributed by atoms with E-state index in [2.05, 4.69) is 251 Å². The molecule has 13 rings (SSSR count). The van der Waals surface area contributed by atoms with Gasteiger partial charge in [0.1, 0.15) is 0 Å². The molecule has 0 N–H and O–H groups in total. The van der Waals surface area contributed by atoms with Crippen molar-refractivity contribution in [3.8, 4) is 22.3 Å². The van der Waals surface area contributed by atoms with Crippen LogP contribution in [0.3, 0.4) is 0 Å². The third kappa shape index (κ3) is 6.81. The van der Waals surface area contributed by atoms with Gasteiger partial charge in [-0.2, -0.15) is 0 Å². The van der Waals surface area contributed by atoms with Crippen molar-refractivity contribution in [2.75, 3.05) is 9.80 Å². The lowest BCUT2D eigenvalue weighted by Gasteiger charge is -2.35. The van der Waals surface area contributed by atoms with Crippen molar-refractivity contribution in [1.29, 1.82) is 0 Å². The quantitative estimate of drug-likeness (QED) is 0.160. The lowest BCUT2D eigenvalue weighted by atomic mass is 9.80. The van der Waals surface area contributed by atoms with Crippen LogP contribution in [0, 0.1) is 27.7 Å². The Balaban J connectivity index is 1.34. The number of rotatable bonds is 2. The van der Waals surface area contributed by atoms with Gasteiger partial charge in [-0.25, -0.2) is 0 Å². The van der Waals surface area contributed by atoms with E-state index in [1.807, 2.05) is 0 Å². The molecule has 3 aliphatic rings. The monoisotopic (exact) mass is 909 g/mol. The highest BCUT2D eigenvalue weighted by atomic mass is 15.2. The molecule has 0 amide bonds. The summed E-state index contributed by atoms with van der Waals surface area (Å²) in [5.74, 6) is 0.173. The van der Waals surface area contributed by atoms with Gasteiger partial charge in [0, 0.05) is 45.4 Å². The Hall–Kier alpha value is -7.16. The number of benzene rings is 10. The molecule has 10 aromatic carbocycles. The van der Waals surface area contributed by atoms with Gasteiger partial charge in [0.2, 0.25) is 0 Å². The highest BCUT2D eigenvalue weighted by molar-refractivity contribution is 6.29. The van der Waals surface area contributed by atoms with Gasteiger partial charge >= 0.3 is 0 Å². The van der Waals surface area contributed by atoms with Gasteiger partial charge in [0.25, 0.3) is 0 Å². The van der Waals surface area contributed by atoms with Crippen LogP contribution in [0.25, 0.3) is 54.6 Å². The first kappa shape index (κ1) is 44.1. The van der Waals surface area contributed by atoms with Gasteiger partial charge < -0.3 is 9.80 Å². The SMILES string of the molecule is Cc1ccc2cc1N(c1cc(C(C)(C)C)ccc1C)c1cc3c4ccc5c(cc(c6ccc1c4c65)C(C)c1cccc-2c1)N(c1cc(C(C)(C)C)ccc1C)c1cc(ccc1C)-c1cccc(c1)C3C. The third-order valence-corrected chi connectivity index (χ3v) is 16.3. The molecule has 2 nitrogen and oxygen atoms in total. The predicted molar refractivity (Wildman–Crippen MR) is 302 cm³/mol. The second-order valence-electron chi connectivity index (χ2n) is 22.9. The fourth-order valence-corrected chi connectivity index (χ4v) is 11.9. The van der Waals surface area contributed by atoms with E-state index in [0.29, 0.717) is 0 Å². The van der Waals surface area contributed by atoms with E-state index in [9.17, 15) is 0 Å². The molecule has 0 saturated heterocycles. The average molecular weight is 909 g/mol. The molecule has 0 saturated carbocycles. The van der Waals surface area contributed by atoms with Crippen molar-refractivity contribution in [3.63, 3.8) is 0 Å². The van der Waals surface area contributed by atoms with E-state index in [1.165, 1.54) is 144 Å². The highest BCUT2D eigenvalue weighted by Gasteiger charge is 2.31. The van der Waals surface area contributed by atoms with Crippen molar-refractivity contribution in [1.82, 2.24) is 0 Å². The second-order valence-corrected chi connectivity index (χ2v) is 22.9. The number of hydrogen-bond donors (Lipinski definition) is 0. The zero-order chi connectivity index (χ0) is 48.7. The molecule has 0 aromatic heterocycles. The molecular weight excluding hydrogens is 845 g/mol. The summed E-state index contributed by atoms with van der Waals surface area (Å²) < 4.78 is 0. The Morgan fingerprint density at radius 3 is 1.06 bits per heavy atom. The van der Waals surface area contributed by atoms with E-state index in [0.717, 1.165) is 0 Å². The maximum atomic E-state index is 2.63. The minimum atomic E-state index is -0.0440. The third-order valence-electron chi connectivity index (χ3n) is 16.3. The highest BCUT2D eigenvalue weighted by Crippen LogP contribution is 2.54. The summed E-state index contributed by atoms with van der Waals surface area (Å²) in [5, 5.41) is 7.81. The van der Waals surface area contributed by atoms with Gasteiger partial charge in [0.15, 0.2) is 0 Å². The maximum absolute atomic E-state index is 2.63. The topological polar surface area (TPSA) is 6.48 Å². The number of aryl methyl sites for hydroxylation is 4.